The standard InChI is InChI=1S/C11H14F2N2O2S/c1-6(18(2)17)5-15-11(16)7-3-10(14)9(13)4-8(7)12/h3-4,6H,5,14H2,1-2H3,(H,15,16). The fourth-order valence-electron chi connectivity index (χ4n) is 1.19. The third kappa shape index (κ3) is 3.49. The van der Waals surface area contributed by atoms with Crippen molar-refractivity contribution in [2.24, 2.45) is 0 Å². The van der Waals surface area contributed by atoms with Crippen molar-refractivity contribution in [3.8, 4) is 0 Å². The number of nitrogens with two attached hydrogens (primary N) is 1. The van der Waals surface area contributed by atoms with Crippen molar-refractivity contribution in [3.05, 3.63) is 29.3 Å². The van der Waals surface area contributed by atoms with Gasteiger partial charge in [0.2, 0.25) is 0 Å². The van der Waals surface area contributed by atoms with Crippen molar-refractivity contribution in [3.63, 3.8) is 0 Å². The van der Waals surface area contributed by atoms with E-state index in [4.69, 9.17) is 5.73 Å². The minimum Gasteiger partial charge on any atom is -0.396 e. The summed E-state index contributed by atoms with van der Waals surface area (Å²) in [6.07, 6.45) is 1.51. The van der Waals surface area contributed by atoms with E-state index in [2.05, 4.69) is 5.32 Å². The van der Waals surface area contributed by atoms with E-state index in [1.165, 1.54) is 6.26 Å². The highest BCUT2D eigenvalue weighted by atomic mass is 32.2. The summed E-state index contributed by atoms with van der Waals surface area (Å²) in [6, 6.07) is 1.50. The average Bonchev–Trinajstić information content (AvgIpc) is 2.30. The van der Waals surface area contributed by atoms with Crippen LogP contribution in [0.5, 0.6) is 0 Å². The summed E-state index contributed by atoms with van der Waals surface area (Å²) in [5.41, 5.74) is 4.63. The van der Waals surface area contributed by atoms with E-state index in [9.17, 15) is 17.8 Å². The number of carbonyl (C=O) groups is 1. The monoisotopic (exact) mass is 276 g/mol. The van der Waals surface area contributed by atoms with Gasteiger partial charge in [0.25, 0.3) is 5.91 Å². The first kappa shape index (κ1) is 14.6. The second-order valence-corrected chi connectivity index (χ2v) is 5.67. The van der Waals surface area contributed by atoms with E-state index in [0.717, 1.165) is 6.07 Å². The van der Waals surface area contributed by atoms with Crippen molar-refractivity contribution in [1.29, 1.82) is 0 Å². The zero-order chi connectivity index (χ0) is 13.9. The molecule has 1 aromatic rings. The van der Waals surface area contributed by atoms with Gasteiger partial charge in [-0.3, -0.25) is 9.00 Å². The highest BCUT2D eigenvalue weighted by Crippen LogP contribution is 2.16. The Morgan fingerprint density at radius 1 is 1.44 bits per heavy atom. The molecule has 1 rings (SSSR count). The third-order valence-electron chi connectivity index (χ3n) is 2.45. The number of halogens is 2. The summed E-state index contributed by atoms with van der Waals surface area (Å²) in [5.74, 6) is -2.60. The SMILES string of the molecule is CC(CNC(=O)c1cc(N)c(F)cc1F)S(C)=O. The summed E-state index contributed by atoms with van der Waals surface area (Å²) in [4.78, 5) is 11.6. The molecule has 0 saturated heterocycles. The Balaban J connectivity index is 2.79. The molecular formula is C11H14F2N2O2S. The molecule has 4 nitrogen and oxygen atoms in total. The maximum atomic E-state index is 13.3. The Hall–Kier alpha value is -1.50. The zero-order valence-electron chi connectivity index (χ0n) is 10.00. The predicted octanol–water partition coefficient (Wildman–Crippen LogP) is 1.04. The molecule has 0 spiro atoms. The van der Waals surface area contributed by atoms with E-state index < -0.39 is 28.3 Å². The van der Waals surface area contributed by atoms with E-state index in [-0.39, 0.29) is 23.0 Å². The van der Waals surface area contributed by atoms with Crippen LogP contribution in [0.3, 0.4) is 0 Å². The largest absolute Gasteiger partial charge is 0.396 e. The van der Waals surface area contributed by atoms with Crippen LogP contribution in [-0.4, -0.2) is 28.2 Å². The maximum Gasteiger partial charge on any atom is 0.254 e. The van der Waals surface area contributed by atoms with Crippen LogP contribution in [0.15, 0.2) is 12.1 Å². The topological polar surface area (TPSA) is 72.2 Å². The van der Waals surface area contributed by atoms with Gasteiger partial charge in [0, 0.05) is 34.9 Å². The van der Waals surface area contributed by atoms with Gasteiger partial charge < -0.3 is 11.1 Å². The summed E-state index contributed by atoms with van der Waals surface area (Å²) in [5, 5.41) is 2.16. The summed E-state index contributed by atoms with van der Waals surface area (Å²) >= 11 is 0. The van der Waals surface area contributed by atoms with E-state index >= 15 is 0 Å². The maximum absolute atomic E-state index is 13.3. The molecule has 0 heterocycles. The van der Waals surface area contributed by atoms with Crippen molar-refractivity contribution >= 4 is 22.4 Å². The number of carbonyl (C=O) groups excluding carboxylic acids is 1. The number of hydrogen-bond donors (Lipinski definition) is 2. The lowest BCUT2D eigenvalue weighted by atomic mass is 10.1. The molecule has 0 saturated carbocycles. The van der Waals surface area contributed by atoms with Crippen LogP contribution < -0.4 is 11.1 Å². The fourth-order valence-corrected chi connectivity index (χ4v) is 1.51. The molecule has 0 fully saturated rings. The molecule has 0 radical (unpaired) electrons. The van der Waals surface area contributed by atoms with Crippen LogP contribution in [0.2, 0.25) is 0 Å². The number of amides is 1. The van der Waals surface area contributed by atoms with Gasteiger partial charge in [-0.1, -0.05) is 0 Å². The van der Waals surface area contributed by atoms with Crippen LogP contribution >= 0.6 is 0 Å². The van der Waals surface area contributed by atoms with E-state index in [1.54, 1.807) is 6.92 Å². The molecule has 0 aliphatic rings. The van der Waals surface area contributed by atoms with Crippen LogP contribution in [0, 0.1) is 11.6 Å². The second-order valence-electron chi connectivity index (χ2n) is 3.87. The lowest BCUT2D eigenvalue weighted by molar-refractivity contribution is 0.0950. The Bertz CT molecular complexity index is 494. The van der Waals surface area contributed by atoms with Gasteiger partial charge in [0.1, 0.15) is 11.6 Å². The van der Waals surface area contributed by atoms with Crippen LogP contribution in [0.1, 0.15) is 17.3 Å². The first-order valence-electron chi connectivity index (χ1n) is 5.18. The van der Waals surface area contributed by atoms with E-state index in [0.29, 0.717) is 6.07 Å². The van der Waals surface area contributed by atoms with Gasteiger partial charge in [-0.15, -0.1) is 0 Å². The molecule has 2 unspecified atom stereocenters. The van der Waals surface area contributed by atoms with Crippen molar-refractivity contribution in [2.75, 3.05) is 18.5 Å². The fraction of sp³-hybridized carbons (Fsp3) is 0.364. The van der Waals surface area contributed by atoms with Crippen LogP contribution in [0.4, 0.5) is 14.5 Å². The number of nitrogens with one attached hydrogen (secondary N) is 1. The van der Waals surface area contributed by atoms with Gasteiger partial charge in [-0.05, 0) is 13.0 Å². The van der Waals surface area contributed by atoms with Gasteiger partial charge in [0.15, 0.2) is 0 Å². The normalized spacial score (nSPS) is 14.0. The van der Waals surface area contributed by atoms with Crippen molar-refractivity contribution in [1.82, 2.24) is 5.32 Å². The Kier molecular flexibility index (Phi) is 4.77. The van der Waals surface area contributed by atoms with Gasteiger partial charge >= 0.3 is 0 Å². The highest BCUT2D eigenvalue weighted by molar-refractivity contribution is 7.84. The Labute approximate surface area is 106 Å². The molecule has 0 aromatic heterocycles. The Morgan fingerprint density at radius 3 is 2.61 bits per heavy atom. The van der Waals surface area contributed by atoms with Crippen LogP contribution in [0.25, 0.3) is 0 Å². The number of benzene rings is 1. The lowest BCUT2D eigenvalue weighted by Gasteiger charge is -2.11. The molecule has 0 aliphatic heterocycles. The second kappa shape index (κ2) is 5.90. The molecule has 3 N–H and O–H groups in total. The molecule has 1 aromatic carbocycles. The van der Waals surface area contributed by atoms with Gasteiger partial charge in [0.05, 0.1) is 11.3 Å². The molecule has 1 amide bonds. The molecule has 0 aliphatic carbocycles. The minimum atomic E-state index is -1.09. The molecular weight excluding hydrogens is 262 g/mol. The zero-order valence-corrected chi connectivity index (χ0v) is 10.8. The molecule has 7 heteroatoms. The van der Waals surface area contributed by atoms with Crippen molar-refractivity contribution < 1.29 is 17.8 Å². The quantitative estimate of drug-likeness (QED) is 0.807. The first-order valence-corrected chi connectivity index (χ1v) is 6.80. The Morgan fingerprint density at radius 2 is 2.06 bits per heavy atom. The lowest BCUT2D eigenvalue weighted by Crippen LogP contribution is -2.33. The van der Waals surface area contributed by atoms with Gasteiger partial charge in [-0.25, -0.2) is 8.78 Å². The molecule has 18 heavy (non-hydrogen) atoms. The highest BCUT2D eigenvalue weighted by Gasteiger charge is 2.16. The molecule has 100 valence electrons. The van der Waals surface area contributed by atoms with Gasteiger partial charge in [-0.2, -0.15) is 0 Å². The van der Waals surface area contributed by atoms with Crippen molar-refractivity contribution in [2.45, 2.75) is 12.2 Å². The minimum absolute atomic E-state index is 0.138. The summed E-state index contributed by atoms with van der Waals surface area (Å²) < 4.78 is 37.3. The number of rotatable bonds is 4. The first-order chi connectivity index (χ1) is 8.32. The third-order valence-corrected chi connectivity index (χ3v) is 3.75. The average molecular weight is 276 g/mol. The number of anilines is 1. The van der Waals surface area contributed by atoms with Crippen LogP contribution in [-0.2, 0) is 10.8 Å². The molecule has 2 atom stereocenters. The van der Waals surface area contributed by atoms with E-state index in [1.807, 2.05) is 0 Å². The number of hydrogen-bond acceptors (Lipinski definition) is 3. The predicted molar refractivity (Wildman–Crippen MR) is 66.6 cm³/mol. The summed E-state index contributed by atoms with van der Waals surface area (Å²) in [6.45, 7) is 1.82. The number of nitrogen functional groups attached to an aromatic ring is 1. The summed E-state index contributed by atoms with van der Waals surface area (Å²) in [7, 11) is -1.09. The molecule has 0 bridgehead atoms. The smallest absolute Gasteiger partial charge is 0.254 e.